The molecule has 2 heterocycles. The van der Waals surface area contributed by atoms with Crippen LogP contribution in [0, 0.1) is 0 Å². The van der Waals surface area contributed by atoms with E-state index >= 15 is 0 Å². The largest absolute Gasteiger partial charge is 0.284 e. The second kappa shape index (κ2) is 8.31. The molecule has 6 aromatic rings. The van der Waals surface area contributed by atoms with Gasteiger partial charge >= 0.3 is 0 Å². The molecule has 34 heavy (non-hydrogen) atoms. The Kier molecular flexibility index (Phi) is 4.99. The maximum absolute atomic E-state index is 4.96. The first-order chi connectivity index (χ1) is 16.8. The van der Waals surface area contributed by atoms with Crippen molar-refractivity contribution >= 4 is 55.0 Å². The normalized spacial score (nSPS) is 11.5. The van der Waals surface area contributed by atoms with Gasteiger partial charge in [-0.05, 0) is 38.1 Å². The smallest absolute Gasteiger partial charge is 0.0762 e. The van der Waals surface area contributed by atoms with E-state index in [1.165, 1.54) is 11.4 Å². The quantitative estimate of drug-likeness (QED) is 0.206. The van der Waals surface area contributed by atoms with Crippen LogP contribution < -0.4 is 10.0 Å². The molecular weight excluding hydrogens is 416 g/mol. The molecule has 0 aliphatic rings. The Bertz CT molecular complexity index is 1420. The molecule has 4 aromatic carbocycles. The molecule has 0 atom stereocenters. The minimum absolute atomic E-state index is 0.816. The highest BCUT2D eigenvalue weighted by atomic mass is 15.6. The van der Waals surface area contributed by atoms with Gasteiger partial charge in [0.2, 0.25) is 0 Å². The van der Waals surface area contributed by atoms with Crippen LogP contribution in [-0.2, 0) is 0 Å². The van der Waals surface area contributed by atoms with Gasteiger partial charge in [-0.25, -0.2) is 9.97 Å². The fourth-order valence-electron chi connectivity index (χ4n) is 5.09. The molecule has 0 saturated carbocycles. The number of pyridine rings is 2. The van der Waals surface area contributed by atoms with Crippen molar-refractivity contribution in [1.29, 1.82) is 0 Å². The van der Waals surface area contributed by atoms with E-state index in [0.717, 1.165) is 56.7 Å². The molecule has 0 saturated heterocycles. The molecule has 0 fully saturated rings. The molecule has 166 valence electrons. The van der Waals surface area contributed by atoms with Gasteiger partial charge in [-0.3, -0.25) is 10.0 Å². The van der Waals surface area contributed by atoms with Crippen LogP contribution in [0.4, 0.5) is 11.4 Å². The molecule has 2 aromatic heterocycles. The Balaban J connectivity index is 1.70. The van der Waals surface area contributed by atoms with Crippen molar-refractivity contribution in [2.24, 2.45) is 0 Å². The molecule has 4 nitrogen and oxygen atoms in total. The maximum atomic E-state index is 4.96. The minimum atomic E-state index is 0.816. The third-order valence-corrected chi connectivity index (χ3v) is 6.53. The lowest BCUT2D eigenvalue weighted by Crippen LogP contribution is -2.43. The lowest BCUT2D eigenvalue weighted by molar-refractivity contribution is 0.764. The van der Waals surface area contributed by atoms with Crippen molar-refractivity contribution < 1.29 is 0 Å². The van der Waals surface area contributed by atoms with Crippen LogP contribution in [0.25, 0.3) is 43.6 Å². The Morgan fingerprint density at radius 1 is 0.441 bits per heavy atom. The van der Waals surface area contributed by atoms with E-state index in [1.54, 1.807) is 0 Å². The summed E-state index contributed by atoms with van der Waals surface area (Å²) >= 11 is 0. The number of fused-ring (bicyclic) bond motifs is 4. The number of para-hydroxylation sites is 4. The topological polar surface area (TPSA) is 32.3 Å². The molecule has 0 aliphatic carbocycles. The number of anilines is 2. The standard InChI is InChI=1S/C30H26N4/c1-3-33(29-21-13-5-9-17-25(21)31-26-18-10-6-14-22(26)29)34(4-2)30-23-15-7-11-19-27(23)32-28-20-12-8-16-24(28)30/h5-20H,3-4H2,1-2H3. The summed E-state index contributed by atoms with van der Waals surface area (Å²) in [5, 5.41) is 9.46. The van der Waals surface area contributed by atoms with Crippen LogP contribution in [0.2, 0.25) is 0 Å². The van der Waals surface area contributed by atoms with Gasteiger partial charge in [0.25, 0.3) is 0 Å². The SMILES string of the molecule is CCN(c1c2ccccc2nc2ccccc12)N(CC)c1c2ccccc2nc2ccccc12. The molecule has 0 bridgehead atoms. The van der Waals surface area contributed by atoms with Crippen molar-refractivity contribution in [3.63, 3.8) is 0 Å². The highest BCUT2D eigenvalue weighted by Crippen LogP contribution is 2.39. The summed E-state index contributed by atoms with van der Waals surface area (Å²) in [5.41, 5.74) is 6.42. The zero-order chi connectivity index (χ0) is 23.1. The van der Waals surface area contributed by atoms with Gasteiger partial charge < -0.3 is 0 Å². The molecular formula is C30H26N4. The van der Waals surface area contributed by atoms with Gasteiger partial charge in [-0.1, -0.05) is 72.8 Å². The second-order valence-corrected chi connectivity index (χ2v) is 8.42. The summed E-state index contributed by atoms with van der Waals surface area (Å²) in [6, 6.07) is 33.8. The van der Waals surface area contributed by atoms with E-state index in [0.29, 0.717) is 0 Å². The summed E-state index contributed by atoms with van der Waals surface area (Å²) in [7, 11) is 0. The predicted molar refractivity (Wildman–Crippen MR) is 145 cm³/mol. The molecule has 0 unspecified atom stereocenters. The van der Waals surface area contributed by atoms with E-state index in [4.69, 9.17) is 9.97 Å². The van der Waals surface area contributed by atoms with E-state index in [9.17, 15) is 0 Å². The van der Waals surface area contributed by atoms with Crippen LogP contribution in [0.5, 0.6) is 0 Å². The molecule has 0 spiro atoms. The van der Waals surface area contributed by atoms with Gasteiger partial charge in [-0.15, -0.1) is 0 Å². The van der Waals surface area contributed by atoms with E-state index in [-0.39, 0.29) is 0 Å². The van der Waals surface area contributed by atoms with Crippen molar-refractivity contribution in [1.82, 2.24) is 9.97 Å². The number of hydrogen-bond acceptors (Lipinski definition) is 4. The summed E-state index contributed by atoms with van der Waals surface area (Å²) in [5.74, 6) is 0. The highest BCUT2D eigenvalue weighted by molar-refractivity contribution is 6.11. The van der Waals surface area contributed by atoms with Crippen molar-refractivity contribution in [2.75, 3.05) is 23.1 Å². The first-order valence-corrected chi connectivity index (χ1v) is 11.9. The number of aromatic nitrogens is 2. The van der Waals surface area contributed by atoms with Gasteiger partial charge in [-0.2, -0.15) is 0 Å². The number of nitrogens with zero attached hydrogens (tertiary/aromatic N) is 4. The van der Waals surface area contributed by atoms with Gasteiger partial charge in [0.15, 0.2) is 0 Å². The van der Waals surface area contributed by atoms with E-state index < -0.39 is 0 Å². The summed E-state index contributed by atoms with van der Waals surface area (Å²) in [4.78, 5) is 9.92. The van der Waals surface area contributed by atoms with E-state index in [1.807, 2.05) is 0 Å². The highest BCUT2D eigenvalue weighted by Gasteiger charge is 2.23. The Labute approximate surface area is 199 Å². The average Bonchev–Trinajstić information content (AvgIpc) is 2.89. The third-order valence-electron chi connectivity index (χ3n) is 6.53. The Morgan fingerprint density at radius 3 is 0.971 bits per heavy atom. The minimum Gasteiger partial charge on any atom is -0.284 e. The van der Waals surface area contributed by atoms with Crippen LogP contribution >= 0.6 is 0 Å². The first kappa shape index (κ1) is 20.4. The maximum Gasteiger partial charge on any atom is 0.0762 e. The Morgan fingerprint density at radius 2 is 0.706 bits per heavy atom. The summed E-state index contributed by atoms with van der Waals surface area (Å²) in [6.07, 6.45) is 0. The molecule has 6 rings (SSSR count). The molecule has 0 radical (unpaired) electrons. The zero-order valence-corrected chi connectivity index (χ0v) is 19.4. The second-order valence-electron chi connectivity index (χ2n) is 8.42. The average molecular weight is 443 g/mol. The predicted octanol–water partition coefficient (Wildman–Crippen LogP) is 7.36. The Hall–Kier alpha value is -4.18. The van der Waals surface area contributed by atoms with Gasteiger partial charge in [0, 0.05) is 34.6 Å². The zero-order valence-electron chi connectivity index (χ0n) is 19.4. The summed E-state index contributed by atoms with van der Waals surface area (Å²) in [6.45, 7) is 6.07. The van der Waals surface area contributed by atoms with Gasteiger partial charge in [0.05, 0.1) is 33.4 Å². The third kappa shape index (κ3) is 3.14. The first-order valence-electron chi connectivity index (χ1n) is 11.9. The monoisotopic (exact) mass is 442 g/mol. The van der Waals surface area contributed by atoms with Crippen LogP contribution in [0.1, 0.15) is 13.8 Å². The molecule has 0 aliphatic heterocycles. The number of hydrazine groups is 1. The lowest BCUT2D eigenvalue weighted by Gasteiger charge is -2.39. The van der Waals surface area contributed by atoms with Crippen molar-refractivity contribution in [3.8, 4) is 0 Å². The number of hydrogen-bond donors (Lipinski definition) is 0. The molecule has 4 heteroatoms. The lowest BCUT2D eigenvalue weighted by atomic mass is 10.1. The van der Waals surface area contributed by atoms with Crippen LogP contribution in [-0.4, -0.2) is 23.1 Å². The number of benzene rings is 4. The summed E-state index contributed by atoms with van der Waals surface area (Å²) < 4.78 is 0. The van der Waals surface area contributed by atoms with Gasteiger partial charge in [0.1, 0.15) is 0 Å². The van der Waals surface area contributed by atoms with E-state index in [2.05, 4.69) is 121 Å². The van der Waals surface area contributed by atoms with Crippen molar-refractivity contribution in [3.05, 3.63) is 97.1 Å². The molecule has 0 N–H and O–H groups in total. The van der Waals surface area contributed by atoms with Crippen molar-refractivity contribution in [2.45, 2.75) is 13.8 Å². The fraction of sp³-hybridized carbons (Fsp3) is 0.133. The fourth-order valence-corrected chi connectivity index (χ4v) is 5.09. The molecule has 0 amide bonds. The van der Waals surface area contributed by atoms with Crippen LogP contribution in [0.3, 0.4) is 0 Å². The number of rotatable bonds is 5. The van der Waals surface area contributed by atoms with Crippen LogP contribution in [0.15, 0.2) is 97.1 Å².